The average Bonchev–Trinajstić information content (AvgIpc) is 2.92. The van der Waals surface area contributed by atoms with Gasteiger partial charge in [-0.1, -0.05) is 0 Å². The van der Waals surface area contributed by atoms with E-state index < -0.39 is 0 Å². The molecule has 1 aromatic carbocycles. The molecule has 0 radical (unpaired) electrons. The Morgan fingerprint density at radius 3 is 2.68 bits per heavy atom. The van der Waals surface area contributed by atoms with Crippen molar-refractivity contribution < 1.29 is 9.53 Å². The van der Waals surface area contributed by atoms with Crippen LogP contribution in [0.2, 0.25) is 0 Å². The Kier molecular flexibility index (Phi) is 7.29. The molecule has 1 N–H and O–H groups in total. The van der Waals surface area contributed by atoms with E-state index in [9.17, 15) is 4.79 Å². The molecule has 22 heavy (non-hydrogen) atoms. The zero-order valence-corrected chi connectivity index (χ0v) is 15.5. The number of hydrogen-bond donors (Lipinski definition) is 1. The molecule has 3 nitrogen and oxygen atoms in total. The van der Waals surface area contributed by atoms with Crippen molar-refractivity contribution in [2.24, 2.45) is 0 Å². The summed E-state index contributed by atoms with van der Waals surface area (Å²) in [6.07, 6.45) is 0.871. The Morgan fingerprint density at radius 1 is 1.27 bits per heavy atom. The molecule has 1 aromatic heterocycles. The van der Waals surface area contributed by atoms with E-state index in [1.54, 1.807) is 11.3 Å². The second-order valence-electron chi connectivity index (χ2n) is 4.50. The van der Waals surface area contributed by atoms with Crippen LogP contribution in [-0.2, 0) is 11.2 Å². The summed E-state index contributed by atoms with van der Waals surface area (Å²) >= 11 is 6.67. The van der Waals surface area contributed by atoms with Gasteiger partial charge >= 0.3 is 0 Å². The topological polar surface area (TPSA) is 38.3 Å². The van der Waals surface area contributed by atoms with Crippen LogP contribution >= 0.6 is 39.0 Å². The van der Waals surface area contributed by atoms with Gasteiger partial charge in [-0.15, -0.1) is 23.1 Å². The second kappa shape index (κ2) is 9.22. The van der Waals surface area contributed by atoms with Gasteiger partial charge in [0, 0.05) is 16.3 Å². The maximum Gasteiger partial charge on any atom is 0.230 e. The highest BCUT2D eigenvalue weighted by atomic mass is 79.9. The highest BCUT2D eigenvalue weighted by Gasteiger charge is 2.04. The second-order valence-corrected chi connectivity index (χ2v) is 8.10. The number of carbonyl (C=O) groups is 1. The van der Waals surface area contributed by atoms with Crippen LogP contribution in [0.1, 0.15) is 11.8 Å². The Bertz CT molecular complexity index is 598. The summed E-state index contributed by atoms with van der Waals surface area (Å²) in [5, 5.41) is 2.95. The molecular formula is C16H18BrNO2S2. The number of benzene rings is 1. The van der Waals surface area contributed by atoms with Crippen molar-refractivity contribution in [3.8, 4) is 5.75 Å². The number of rotatable bonds is 8. The third-order valence-electron chi connectivity index (χ3n) is 2.83. The van der Waals surface area contributed by atoms with Gasteiger partial charge in [0.15, 0.2) is 0 Å². The number of hydrogen-bond acceptors (Lipinski definition) is 4. The molecule has 1 amide bonds. The summed E-state index contributed by atoms with van der Waals surface area (Å²) in [5.74, 6) is 1.36. The predicted molar refractivity (Wildman–Crippen MR) is 97.1 cm³/mol. The lowest BCUT2D eigenvalue weighted by Gasteiger charge is -2.06. The zero-order valence-electron chi connectivity index (χ0n) is 12.3. The molecule has 0 aliphatic carbocycles. The standard InChI is InChI=1S/C16H18BrNO2S2/c1-2-20-12-3-5-13(6-4-12)21-11-16(19)18-10-9-14-7-8-15(17)22-14/h3-8H,2,9-11H2,1H3,(H,18,19). The van der Waals surface area contributed by atoms with Gasteiger partial charge in [0.05, 0.1) is 16.1 Å². The normalized spacial score (nSPS) is 10.5. The van der Waals surface area contributed by atoms with Crippen molar-refractivity contribution in [3.63, 3.8) is 0 Å². The number of amides is 1. The van der Waals surface area contributed by atoms with E-state index in [0.29, 0.717) is 18.9 Å². The Morgan fingerprint density at radius 2 is 2.05 bits per heavy atom. The van der Waals surface area contributed by atoms with Crippen LogP contribution in [0.4, 0.5) is 0 Å². The van der Waals surface area contributed by atoms with Gasteiger partial charge in [-0.05, 0) is 65.7 Å². The molecule has 0 atom stereocenters. The Hall–Kier alpha value is -0.980. The smallest absolute Gasteiger partial charge is 0.230 e. The molecule has 0 saturated heterocycles. The number of ether oxygens (including phenoxy) is 1. The zero-order chi connectivity index (χ0) is 15.8. The fourth-order valence-corrected chi connectivity index (χ4v) is 4.02. The van der Waals surface area contributed by atoms with Crippen molar-refractivity contribution >= 4 is 44.9 Å². The highest BCUT2D eigenvalue weighted by Crippen LogP contribution is 2.22. The summed E-state index contributed by atoms with van der Waals surface area (Å²) in [4.78, 5) is 14.2. The molecule has 0 fully saturated rings. The third kappa shape index (κ3) is 6.02. The summed E-state index contributed by atoms with van der Waals surface area (Å²) in [5.41, 5.74) is 0. The summed E-state index contributed by atoms with van der Waals surface area (Å²) in [6.45, 7) is 3.30. The summed E-state index contributed by atoms with van der Waals surface area (Å²) < 4.78 is 6.52. The van der Waals surface area contributed by atoms with Crippen LogP contribution in [0.25, 0.3) is 0 Å². The highest BCUT2D eigenvalue weighted by molar-refractivity contribution is 9.11. The fourth-order valence-electron chi connectivity index (χ4n) is 1.81. The molecule has 0 bridgehead atoms. The average molecular weight is 400 g/mol. The van der Waals surface area contributed by atoms with Crippen LogP contribution in [-0.4, -0.2) is 24.8 Å². The van der Waals surface area contributed by atoms with Gasteiger partial charge < -0.3 is 10.1 Å². The SMILES string of the molecule is CCOc1ccc(SCC(=O)NCCc2ccc(Br)s2)cc1. The van der Waals surface area contributed by atoms with Crippen LogP contribution in [0.5, 0.6) is 5.75 Å². The van der Waals surface area contributed by atoms with Gasteiger partial charge in [0.25, 0.3) is 0 Å². The molecule has 0 aliphatic heterocycles. The molecular weight excluding hydrogens is 382 g/mol. The lowest BCUT2D eigenvalue weighted by atomic mass is 10.3. The first-order valence-electron chi connectivity index (χ1n) is 7.04. The predicted octanol–water partition coefficient (Wildman–Crippen LogP) is 4.36. The van der Waals surface area contributed by atoms with Gasteiger partial charge in [-0.2, -0.15) is 0 Å². The Labute approximate surface area is 147 Å². The van der Waals surface area contributed by atoms with E-state index in [1.807, 2.05) is 37.3 Å². The number of halogens is 1. The maximum atomic E-state index is 11.8. The van der Waals surface area contributed by atoms with Gasteiger partial charge in [-0.25, -0.2) is 0 Å². The summed E-state index contributed by atoms with van der Waals surface area (Å²) in [7, 11) is 0. The number of nitrogens with one attached hydrogen (secondary N) is 1. The lowest BCUT2D eigenvalue weighted by molar-refractivity contribution is -0.118. The van der Waals surface area contributed by atoms with Crippen LogP contribution in [0, 0.1) is 0 Å². The first kappa shape index (κ1) is 17.4. The van der Waals surface area contributed by atoms with E-state index in [0.717, 1.165) is 20.9 Å². The fraction of sp³-hybridized carbons (Fsp3) is 0.312. The Balaban J connectivity index is 1.66. The van der Waals surface area contributed by atoms with Crippen molar-refractivity contribution in [1.82, 2.24) is 5.32 Å². The van der Waals surface area contributed by atoms with E-state index in [-0.39, 0.29) is 5.91 Å². The monoisotopic (exact) mass is 399 g/mol. The molecule has 0 saturated carbocycles. The maximum absolute atomic E-state index is 11.8. The molecule has 118 valence electrons. The van der Waals surface area contributed by atoms with E-state index in [1.165, 1.54) is 16.6 Å². The minimum atomic E-state index is 0.0644. The minimum Gasteiger partial charge on any atom is -0.494 e. The first-order chi connectivity index (χ1) is 10.7. The molecule has 6 heteroatoms. The lowest BCUT2D eigenvalue weighted by Crippen LogP contribution is -2.27. The first-order valence-corrected chi connectivity index (χ1v) is 9.63. The van der Waals surface area contributed by atoms with Crippen molar-refractivity contribution in [3.05, 3.63) is 45.1 Å². The molecule has 2 rings (SSSR count). The van der Waals surface area contributed by atoms with Gasteiger partial charge in [-0.3, -0.25) is 4.79 Å². The minimum absolute atomic E-state index is 0.0644. The van der Waals surface area contributed by atoms with E-state index >= 15 is 0 Å². The third-order valence-corrected chi connectivity index (χ3v) is 5.52. The molecule has 0 aliphatic rings. The van der Waals surface area contributed by atoms with Gasteiger partial charge in [0.1, 0.15) is 5.75 Å². The largest absolute Gasteiger partial charge is 0.494 e. The molecule has 0 spiro atoms. The van der Waals surface area contributed by atoms with E-state index in [2.05, 4.69) is 27.3 Å². The quantitative estimate of drug-likeness (QED) is 0.670. The number of thioether (sulfide) groups is 1. The van der Waals surface area contributed by atoms with E-state index in [4.69, 9.17) is 4.74 Å². The van der Waals surface area contributed by atoms with Crippen LogP contribution in [0.3, 0.4) is 0 Å². The van der Waals surface area contributed by atoms with Crippen molar-refractivity contribution in [2.45, 2.75) is 18.2 Å². The molecule has 2 aromatic rings. The summed E-state index contributed by atoms with van der Waals surface area (Å²) in [6, 6.07) is 11.9. The molecule has 0 unspecified atom stereocenters. The number of thiophene rings is 1. The van der Waals surface area contributed by atoms with Crippen molar-refractivity contribution in [1.29, 1.82) is 0 Å². The molecule has 1 heterocycles. The van der Waals surface area contributed by atoms with Crippen LogP contribution in [0.15, 0.2) is 45.1 Å². The number of carbonyl (C=O) groups excluding carboxylic acids is 1. The van der Waals surface area contributed by atoms with Crippen LogP contribution < -0.4 is 10.1 Å². The van der Waals surface area contributed by atoms with Crippen molar-refractivity contribution in [2.75, 3.05) is 18.9 Å². The van der Waals surface area contributed by atoms with Gasteiger partial charge in [0.2, 0.25) is 5.91 Å².